The maximum atomic E-state index is 8.89. The number of aromatic nitrogens is 3. The van der Waals surface area contributed by atoms with Crippen LogP contribution in [0.15, 0.2) is 30.7 Å². The van der Waals surface area contributed by atoms with Gasteiger partial charge in [-0.05, 0) is 25.5 Å². The lowest BCUT2D eigenvalue weighted by molar-refractivity contribution is 0.281. The van der Waals surface area contributed by atoms with Crippen LogP contribution in [0.5, 0.6) is 11.6 Å². The van der Waals surface area contributed by atoms with Gasteiger partial charge in [0.1, 0.15) is 0 Å². The summed E-state index contributed by atoms with van der Waals surface area (Å²) in [5.41, 5.74) is 0.759. The molecule has 0 atom stereocenters. The van der Waals surface area contributed by atoms with E-state index in [9.17, 15) is 0 Å². The molecule has 0 spiro atoms. The second kappa shape index (κ2) is 4.97. The van der Waals surface area contributed by atoms with Crippen LogP contribution in [0.4, 0.5) is 0 Å². The zero-order valence-corrected chi connectivity index (χ0v) is 9.87. The monoisotopic (exact) mass is 233 g/mol. The van der Waals surface area contributed by atoms with E-state index in [-0.39, 0.29) is 6.61 Å². The molecule has 0 bridgehead atoms. The van der Waals surface area contributed by atoms with E-state index >= 15 is 0 Å². The Morgan fingerprint density at radius 2 is 2.18 bits per heavy atom. The van der Waals surface area contributed by atoms with E-state index in [1.807, 2.05) is 24.7 Å². The Bertz CT molecular complexity index is 477. The lowest BCUT2D eigenvalue weighted by Gasteiger charge is -2.04. The molecule has 0 aliphatic carbocycles. The predicted molar refractivity (Wildman–Crippen MR) is 62.8 cm³/mol. The molecule has 0 saturated heterocycles. The number of pyridine rings is 1. The fourth-order valence-electron chi connectivity index (χ4n) is 1.34. The van der Waals surface area contributed by atoms with Gasteiger partial charge >= 0.3 is 0 Å². The third-order valence-electron chi connectivity index (χ3n) is 2.31. The van der Waals surface area contributed by atoms with Gasteiger partial charge in [0.15, 0.2) is 5.75 Å². The van der Waals surface area contributed by atoms with Gasteiger partial charge in [0.25, 0.3) is 0 Å². The van der Waals surface area contributed by atoms with Crippen molar-refractivity contribution in [1.82, 2.24) is 14.8 Å². The average molecular weight is 233 g/mol. The van der Waals surface area contributed by atoms with Gasteiger partial charge < -0.3 is 9.84 Å². The molecule has 2 aromatic rings. The van der Waals surface area contributed by atoms with E-state index in [0.717, 1.165) is 5.56 Å². The van der Waals surface area contributed by atoms with Crippen LogP contribution >= 0.6 is 0 Å². The molecule has 17 heavy (non-hydrogen) atoms. The first-order chi connectivity index (χ1) is 8.19. The van der Waals surface area contributed by atoms with Crippen LogP contribution in [0.25, 0.3) is 0 Å². The third kappa shape index (κ3) is 2.82. The minimum atomic E-state index is -0.0153. The molecular weight excluding hydrogens is 218 g/mol. The van der Waals surface area contributed by atoms with Crippen molar-refractivity contribution in [1.29, 1.82) is 0 Å². The molecule has 0 saturated carbocycles. The highest BCUT2D eigenvalue weighted by Gasteiger charge is 2.04. The van der Waals surface area contributed by atoms with Crippen molar-refractivity contribution in [2.24, 2.45) is 0 Å². The van der Waals surface area contributed by atoms with Gasteiger partial charge in [0.05, 0.1) is 19.0 Å². The fraction of sp³-hybridized carbons (Fsp3) is 0.333. The first kappa shape index (κ1) is 11.6. The molecule has 0 amide bonds. The lowest BCUT2D eigenvalue weighted by atomic mass is 10.3. The van der Waals surface area contributed by atoms with Gasteiger partial charge in [0, 0.05) is 18.3 Å². The summed E-state index contributed by atoms with van der Waals surface area (Å²) < 4.78 is 7.35. The average Bonchev–Trinajstić information content (AvgIpc) is 2.79. The van der Waals surface area contributed by atoms with Crippen LogP contribution in [0.3, 0.4) is 0 Å². The van der Waals surface area contributed by atoms with Crippen molar-refractivity contribution in [3.8, 4) is 11.6 Å². The quantitative estimate of drug-likeness (QED) is 0.878. The van der Waals surface area contributed by atoms with Crippen LogP contribution in [0.2, 0.25) is 0 Å². The Kier molecular flexibility index (Phi) is 3.39. The lowest BCUT2D eigenvalue weighted by Crippen LogP contribution is -1.99. The summed E-state index contributed by atoms with van der Waals surface area (Å²) in [6.45, 7) is 4.08. The topological polar surface area (TPSA) is 60.2 Å². The molecule has 5 heteroatoms. The SMILES string of the molecule is CC(C)n1cc(Oc2ccc(CO)cn2)cn1. The van der Waals surface area contributed by atoms with Gasteiger partial charge in [-0.2, -0.15) is 5.10 Å². The summed E-state index contributed by atoms with van der Waals surface area (Å²) in [5.74, 6) is 1.15. The summed E-state index contributed by atoms with van der Waals surface area (Å²) in [5, 5.41) is 13.1. The van der Waals surface area contributed by atoms with Crippen molar-refractivity contribution in [2.45, 2.75) is 26.5 Å². The van der Waals surface area contributed by atoms with Crippen LogP contribution in [0.1, 0.15) is 25.5 Å². The fourth-order valence-corrected chi connectivity index (χ4v) is 1.34. The Morgan fingerprint density at radius 3 is 2.71 bits per heavy atom. The zero-order valence-electron chi connectivity index (χ0n) is 9.87. The van der Waals surface area contributed by atoms with Gasteiger partial charge in [-0.1, -0.05) is 0 Å². The highest BCUT2D eigenvalue weighted by atomic mass is 16.5. The minimum absolute atomic E-state index is 0.0153. The molecule has 0 aliphatic heterocycles. The molecule has 0 unspecified atom stereocenters. The highest BCUT2D eigenvalue weighted by Crippen LogP contribution is 2.19. The summed E-state index contributed by atoms with van der Waals surface area (Å²) in [6, 6.07) is 3.80. The number of rotatable bonds is 4. The molecule has 0 radical (unpaired) electrons. The molecular formula is C12H15N3O2. The van der Waals surface area contributed by atoms with Gasteiger partial charge in [-0.25, -0.2) is 4.98 Å². The molecule has 2 rings (SSSR count). The zero-order chi connectivity index (χ0) is 12.3. The van der Waals surface area contributed by atoms with Gasteiger partial charge in [-0.15, -0.1) is 0 Å². The molecule has 0 aliphatic rings. The number of nitrogens with zero attached hydrogens (tertiary/aromatic N) is 3. The van der Waals surface area contributed by atoms with Crippen molar-refractivity contribution in [2.75, 3.05) is 0 Å². The maximum absolute atomic E-state index is 8.89. The van der Waals surface area contributed by atoms with Crippen LogP contribution < -0.4 is 4.74 Å². The van der Waals surface area contributed by atoms with E-state index in [1.165, 1.54) is 0 Å². The standard InChI is InChI=1S/C12H15N3O2/c1-9(2)15-7-11(6-14-15)17-12-4-3-10(8-16)5-13-12/h3-7,9,16H,8H2,1-2H3. The van der Waals surface area contributed by atoms with Crippen molar-refractivity contribution in [3.05, 3.63) is 36.3 Å². The molecule has 90 valence electrons. The van der Waals surface area contributed by atoms with E-state index in [4.69, 9.17) is 9.84 Å². The maximum Gasteiger partial charge on any atom is 0.219 e. The Hall–Kier alpha value is -1.88. The number of ether oxygens (including phenoxy) is 1. The number of aliphatic hydroxyl groups is 1. The second-order valence-electron chi connectivity index (χ2n) is 4.01. The van der Waals surface area contributed by atoms with Crippen molar-refractivity contribution < 1.29 is 9.84 Å². The number of aliphatic hydroxyl groups excluding tert-OH is 1. The summed E-state index contributed by atoms with van der Waals surface area (Å²) >= 11 is 0. The Morgan fingerprint density at radius 1 is 1.35 bits per heavy atom. The summed E-state index contributed by atoms with van der Waals surface area (Å²) in [6.07, 6.45) is 5.07. The largest absolute Gasteiger partial charge is 0.436 e. The van der Waals surface area contributed by atoms with Crippen molar-refractivity contribution in [3.63, 3.8) is 0 Å². The third-order valence-corrected chi connectivity index (χ3v) is 2.31. The summed E-state index contributed by atoms with van der Waals surface area (Å²) in [7, 11) is 0. The molecule has 0 aromatic carbocycles. The van der Waals surface area contributed by atoms with Crippen LogP contribution in [-0.2, 0) is 6.61 Å². The smallest absolute Gasteiger partial charge is 0.219 e. The van der Waals surface area contributed by atoms with E-state index in [0.29, 0.717) is 17.7 Å². The summed E-state index contributed by atoms with van der Waals surface area (Å²) in [4.78, 5) is 4.08. The molecule has 0 fully saturated rings. The number of hydrogen-bond acceptors (Lipinski definition) is 4. The predicted octanol–water partition coefficient (Wildman–Crippen LogP) is 2.14. The van der Waals surface area contributed by atoms with Crippen LogP contribution in [0, 0.1) is 0 Å². The molecule has 2 aromatic heterocycles. The highest BCUT2D eigenvalue weighted by molar-refractivity contribution is 5.23. The normalized spacial score (nSPS) is 10.8. The van der Waals surface area contributed by atoms with Crippen LogP contribution in [-0.4, -0.2) is 19.9 Å². The van der Waals surface area contributed by atoms with E-state index in [1.54, 1.807) is 24.5 Å². The first-order valence-corrected chi connectivity index (χ1v) is 5.47. The minimum Gasteiger partial charge on any atom is -0.436 e. The number of hydrogen-bond donors (Lipinski definition) is 1. The van der Waals surface area contributed by atoms with Gasteiger partial charge in [-0.3, -0.25) is 4.68 Å². The van der Waals surface area contributed by atoms with Crippen molar-refractivity contribution >= 4 is 0 Å². The first-order valence-electron chi connectivity index (χ1n) is 5.47. The molecule has 1 N–H and O–H groups in total. The van der Waals surface area contributed by atoms with E-state index in [2.05, 4.69) is 10.1 Å². The molecule has 5 nitrogen and oxygen atoms in total. The second-order valence-corrected chi connectivity index (χ2v) is 4.01. The Balaban J connectivity index is 2.08. The van der Waals surface area contributed by atoms with E-state index < -0.39 is 0 Å². The van der Waals surface area contributed by atoms with Gasteiger partial charge in [0.2, 0.25) is 5.88 Å². The molecule has 2 heterocycles. The Labute approximate surface area is 99.7 Å².